The van der Waals surface area contributed by atoms with E-state index in [1.807, 2.05) is 36.4 Å². The van der Waals surface area contributed by atoms with Crippen molar-refractivity contribution in [3.8, 4) is 0 Å². The maximum Gasteiger partial charge on any atom is 0.0629 e. The van der Waals surface area contributed by atoms with E-state index in [0.717, 1.165) is 5.69 Å². The van der Waals surface area contributed by atoms with Crippen LogP contribution in [0, 0.1) is 6.92 Å². The molecular formula is C14H13NS. The number of aryl methyl sites for hydroxylation is 1. The van der Waals surface area contributed by atoms with E-state index in [1.54, 1.807) is 17.5 Å². The van der Waals surface area contributed by atoms with Crippen molar-refractivity contribution in [3.05, 3.63) is 64.1 Å². The van der Waals surface area contributed by atoms with Gasteiger partial charge in [-0.1, -0.05) is 18.2 Å². The van der Waals surface area contributed by atoms with Crippen LogP contribution in [0.15, 0.2) is 48.0 Å². The van der Waals surface area contributed by atoms with Gasteiger partial charge in [0.05, 0.1) is 5.69 Å². The molecule has 0 bridgehead atoms. The summed E-state index contributed by atoms with van der Waals surface area (Å²) in [6.45, 7) is 2.12. The summed E-state index contributed by atoms with van der Waals surface area (Å²) >= 11 is 1.76. The zero-order valence-corrected chi connectivity index (χ0v) is 9.95. The highest BCUT2D eigenvalue weighted by molar-refractivity contribution is 7.11. The summed E-state index contributed by atoms with van der Waals surface area (Å²) in [6, 6.07) is 8.02. The number of hydrogen-bond donors (Lipinski definition) is 0. The lowest BCUT2D eigenvalue weighted by molar-refractivity contribution is 1.30. The molecule has 2 aromatic heterocycles. The van der Waals surface area contributed by atoms with Crippen molar-refractivity contribution in [2.75, 3.05) is 0 Å². The standard InChI is InChI=1S/C14H13NS/c1-12-9-11-16-14(12)8-3-2-6-13-7-4-5-10-15-13/h2-11H,1H3/b6-2+,8-3+. The summed E-state index contributed by atoms with van der Waals surface area (Å²) in [6.07, 6.45) is 9.99. The third-order valence-corrected chi connectivity index (χ3v) is 3.20. The quantitative estimate of drug-likeness (QED) is 0.717. The number of nitrogens with zero attached hydrogens (tertiary/aromatic N) is 1. The van der Waals surface area contributed by atoms with Gasteiger partial charge in [0.2, 0.25) is 0 Å². The minimum absolute atomic E-state index is 0.982. The van der Waals surface area contributed by atoms with Gasteiger partial charge in [0.15, 0.2) is 0 Å². The highest BCUT2D eigenvalue weighted by Crippen LogP contribution is 2.16. The van der Waals surface area contributed by atoms with Crippen LogP contribution in [0.5, 0.6) is 0 Å². The first-order chi connectivity index (χ1) is 7.86. The van der Waals surface area contributed by atoms with E-state index >= 15 is 0 Å². The van der Waals surface area contributed by atoms with E-state index in [2.05, 4.69) is 29.4 Å². The smallest absolute Gasteiger partial charge is 0.0629 e. The van der Waals surface area contributed by atoms with E-state index in [-0.39, 0.29) is 0 Å². The van der Waals surface area contributed by atoms with Crippen LogP contribution >= 0.6 is 11.3 Å². The van der Waals surface area contributed by atoms with Gasteiger partial charge in [-0.3, -0.25) is 4.98 Å². The first-order valence-corrected chi connectivity index (χ1v) is 6.04. The molecule has 2 rings (SSSR count). The second-order valence-corrected chi connectivity index (χ2v) is 4.39. The molecular weight excluding hydrogens is 214 g/mol. The van der Waals surface area contributed by atoms with Gasteiger partial charge in [-0.25, -0.2) is 0 Å². The highest BCUT2D eigenvalue weighted by Gasteiger charge is 1.91. The maximum absolute atomic E-state index is 4.21. The molecule has 0 fully saturated rings. The van der Waals surface area contributed by atoms with Crippen molar-refractivity contribution in [1.29, 1.82) is 0 Å². The van der Waals surface area contributed by atoms with Crippen molar-refractivity contribution >= 4 is 23.5 Å². The number of aromatic nitrogens is 1. The van der Waals surface area contributed by atoms with Gasteiger partial charge in [-0.15, -0.1) is 11.3 Å². The van der Waals surface area contributed by atoms with Crippen molar-refractivity contribution in [1.82, 2.24) is 4.98 Å². The third-order valence-electron chi connectivity index (χ3n) is 2.22. The topological polar surface area (TPSA) is 12.9 Å². The van der Waals surface area contributed by atoms with Crippen molar-refractivity contribution in [2.24, 2.45) is 0 Å². The molecule has 0 amide bonds. The predicted molar refractivity (Wildman–Crippen MR) is 71.4 cm³/mol. The van der Waals surface area contributed by atoms with Gasteiger partial charge in [0.1, 0.15) is 0 Å². The second kappa shape index (κ2) is 5.42. The maximum atomic E-state index is 4.21. The van der Waals surface area contributed by atoms with Gasteiger partial charge < -0.3 is 0 Å². The normalized spacial score (nSPS) is 11.6. The molecule has 2 heterocycles. The lowest BCUT2D eigenvalue weighted by Crippen LogP contribution is -1.75. The molecule has 2 aromatic rings. The molecule has 0 aliphatic rings. The Labute approximate surface area is 99.8 Å². The SMILES string of the molecule is Cc1ccsc1/C=C/C=C/c1ccccn1. The molecule has 0 saturated carbocycles. The lowest BCUT2D eigenvalue weighted by atomic mass is 10.2. The van der Waals surface area contributed by atoms with Gasteiger partial charge in [-0.05, 0) is 48.2 Å². The number of pyridine rings is 1. The molecule has 0 aliphatic carbocycles. The van der Waals surface area contributed by atoms with Crippen molar-refractivity contribution in [2.45, 2.75) is 6.92 Å². The molecule has 0 radical (unpaired) electrons. The summed E-state index contributed by atoms with van der Waals surface area (Å²) in [5, 5.41) is 2.11. The van der Waals surface area contributed by atoms with Crippen LogP contribution in [-0.4, -0.2) is 4.98 Å². The molecule has 0 aliphatic heterocycles. The van der Waals surface area contributed by atoms with Crippen LogP contribution in [0.1, 0.15) is 16.1 Å². The van der Waals surface area contributed by atoms with E-state index in [0.29, 0.717) is 0 Å². The average molecular weight is 227 g/mol. The van der Waals surface area contributed by atoms with Crippen LogP contribution in [0.25, 0.3) is 12.2 Å². The molecule has 0 spiro atoms. The van der Waals surface area contributed by atoms with Gasteiger partial charge in [0, 0.05) is 11.1 Å². The number of thiophene rings is 1. The van der Waals surface area contributed by atoms with Crippen LogP contribution in [0.2, 0.25) is 0 Å². The molecule has 0 N–H and O–H groups in total. The van der Waals surface area contributed by atoms with Crippen molar-refractivity contribution < 1.29 is 0 Å². The fourth-order valence-corrected chi connectivity index (χ4v) is 2.16. The van der Waals surface area contributed by atoms with E-state index in [9.17, 15) is 0 Å². The predicted octanol–water partition coefficient (Wildman–Crippen LogP) is 4.18. The fourth-order valence-electron chi connectivity index (χ4n) is 1.33. The summed E-state index contributed by atoms with van der Waals surface area (Å²) in [5.41, 5.74) is 2.31. The molecule has 0 atom stereocenters. The molecule has 16 heavy (non-hydrogen) atoms. The molecule has 2 heteroatoms. The molecule has 0 saturated heterocycles. The average Bonchev–Trinajstić information content (AvgIpc) is 2.72. The first-order valence-electron chi connectivity index (χ1n) is 5.16. The zero-order valence-electron chi connectivity index (χ0n) is 9.13. The van der Waals surface area contributed by atoms with Gasteiger partial charge in [-0.2, -0.15) is 0 Å². The molecule has 0 aromatic carbocycles. The van der Waals surface area contributed by atoms with Gasteiger partial charge in [0.25, 0.3) is 0 Å². The van der Waals surface area contributed by atoms with E-state index in [4.69, 9.17) is 0 Å². The van der Waals surface area contributed by atoms with Crippen LogP contribution in [-0.2, 0) is 0 Å². The Hall–Kier alpha value is -1.67. The Bertz CT molecular complexity index is 494. The van der Waals surface area contributed by atoms with E-state index in [1.165, 1.54) is 10.4 Å². The Balaban J connectivity index is 2.00. The largest absolute Gasteiger partial charge is 0.257 e. The molecule has 1 nitrogen and oxygen atoms in total. The number of rotatable bonds is 3. The molecule has 80 valence electrons. The van der Waals surface area contributed by atoms with Gasteiger partial charge >= 0.3 is 0 Å². The minimum Gasteiger partial charge on any atom is -0.257 e. The van der Waals surface area contributed by atoms with Crippen LogP contribution in [0.4, 0.5) is 0 Å². The summed E-state index contributed by atoms with van der Waals surface area (Å²) < 4.78 is 0. The monoisotopic (exact) mass is 227 g/mol. The number of hydrogen-bond acceptors (Lipinski definition) is 2. The Morgan fingerprint density at radius 2 is 2.00 bits per heavy atom. The number of allylic oxidation sites excluding steroid dienone is 2. The minimum atomic E-state index is 0.982. The first kappa shape index (κ1) is 10.8. The Morgan fingerprint density at radius 3 is 2.69 bits per heavy atom. The van der Waals surface area contributed by atoms with Crippen LogP contribution in [0.3, 0.4) is 0 Å². The Morgan fingerprint density at radius 1 is 1.12 bits per heavy atom. The van der Waals surface area contributed by atoms with E-state index < -0.39 is 0 Å². The molecule has 0 unspecified atom stereocenters. The lowest BCUT2D eigenvalue weighted by Gasteiger charge is -1.88. The fraction of sp³-hybridized carbons (Fsp3) is 0.0714. The zero-order chi connectivity index (χ0) is 11.2. The third kappa shape index (κ3) is 2.91. The van der Waals surface area contributed by atoms with Crippen molar-refractivity contribution in [3.63, 3.8) is 0 Å². The summed E-state index contributed by atoms with van der Waals surface area (Å²) in [7, 11) is 0. The van der Waals surface area contributed by atoms with Crippen LogP contribution < -0.4 is 0 Å². The second-order valence-electron chi connectivity index (χ2n) is 3.44. The highest BCUT2D eigenvalue weighted by atomic mass is 32.1. The Kier molecular flexibility index (Phi) is 3.67. The summed E-state index contributed by atoms with van der Waals surface area (Å²) in [4.78, 5) is 5.52. The summed E-state index contributed by atoms with van der Waals surface area (Å²) in [5.74, 6) is 0.